The van der Waals surface area contributed by atoms with Crippen molar-refractivity contribution in [3.8, 4) is 0 Å². The molecule has 0 unspecified atom stereocenters. The molecule has 20 heavy (non-hydrogen) atoms. The van der Waals surface area contributed by atoms with Crippen molar-refractivity contribution in [1.82, 2.24) is 14.7 Å². The van der Waals surface area contributed by atoms with Gasteiger partial charge in [-0.25, -0.2) is 0 Å². The van der Waals surface area contributed by atoms with Crippen LogP contribution < -0.4 is 0 Å². The Kier molecular flexibility index (Phi) is 3.24. The van der Waals surface area contributed by atoms with Crippen molar-refractivity contribution in [1.29, 1.82) is 0 Å². The highest BCUT2D eigenvalue weighted by molar-refractivity contribution is 5.94. The van der Waals surface area contributed by atoms with Gasteiger partial charge in [-0.2, -0.15) is 5.10 Å². The van der Waals surface area contributed by atoms with Gasteiger partial charge in [0.2, 0.25) is 0 Å². The van der Waals surface area contributed by atoms with Crippen LogP contribution in [0.1, 0.15) is 48.3 Å². The molecule has 4 nitrogen and oxygen atoms in total. The lowest BCUT2D eigenvalue weighted by Gasteiger charge is -2.28. The Morgan fingerprint density at radius 3 is 2.80 bits per heavy atom. The van der Waals surface area contributed by atoms with Crippen LogP contribution in [0.5, 0.6) is 0 Å². The van der Waals surface area contributed by atoms with E-state index in [9.17, 15) is 4.79 Å². The molecule has 1 amide bonds. The quantitative estimate of drug-likeness (QED) is 0.848. The van der Waals surface area contributed by atoms with Gasteiger partial charge in [-0.15, -0.1) is 0 Å². The van der Waals surface area contributed by atoms with Gasteiger partial charge in [0, 0.05) is 24.8 Å². The maximum atomic E-state index is 12.6. The fraction of sp³-hybridized carbons (Fsp3) is 0.500. The third kappa shape index (κ3) is 2.30. The van der Waals surface area contributed by atoms with Crippen molar-refractivity contribution in [2.24, 2.45) is 0 Å². The number of rotatable bonds is 3. The van der Waals surface area contributed by atoms with E-state index in [2.05, 4.69) is 18.6 Å². The van der Waals surface area contributed by atoms with Gasteiger partial charge in [0.15, 0.2) is 5.69 Å². The van der Waals surface area contributed by atoms with E-state index in [4.69, 9.17) is 0 Å². The van der Waals surface area contributed by atoms with Crippen LogP contribution >= 0.6 is 0 Å². The van der Waals surface area contributed by atoms with Gasteiger partial charge in [-0.3, -0.25) is 9.48 Å². The lowest BCUT2D eigenvalue weighted by atomic mass is 10.0. The lowest BCUT2D eigenvalue weighted by molar-refractivity contribution is 0.0756. The van der Waals surface area contributed by atoms with Crippen molar-refractivity contribution >= 4 is 5.91 Å². The molecule has 1 fully saturated rings. The Morgan fingerprint density at radius 1 is 1.45 bits per heavy atom. The predicted octanol–water partition coefficient (Wildman–Crippen LogP) is 2.87. The minimum Gasteiger partial charge on any atom is -0.333 e. The molecule has 1 aromatic rings. The molecule has 1 aromatic heterocycles. The van der Waals surface area contributed by atoms with Crippen LogP contribution in [-0.2, 0) is 0 Å². The van der Waals surface area contributed by atoms with E-state index in [1.54, 1.807) is 0 Å². The molecule has 0 saturated heterocycles. The topological polar surface area (TPSA) is 38.1 Å². The molecule has 0 spiro atoms. The SMILES string of the molecule is C=CC1=C(C)CN(C(=O)c2nn(C3CC3)cc2C)CC1. The van der Waals surface area contributed by atoms with Crippen LogP contribution in [-0.4, -0.2) is 33.7 Å². The molecule has 0 radical (unpaired) electrons. The second kappa shape index (κ2) is 4.93. The highest BCUT2D eigenvalue weighted by atomic mass is 16.2. The first-order valence-corrected chi connectivity index (χ1v) is 7.26. The van der Waals surface area contributed by atoms with E-state index in [0.29, 0.717) is 18.3 Å². The summed E-state index contributed by atoms with van der Waals surface area (Å²) in [5.74, 6) is 0.0596. The predicted molar refractivity (Wildman–Crippen MR) is 78.7 cm³/mol. The van der Waals surface area contributed by atoms with Crippen molar-refractivity contribution in [2.45, 2.75) is 39.2 Å². The Hall–Kier alpha value is -1.84. The molecule has 106 valence electrons. The molecule has 0 aromatic carbocycles. The van der Waals surface area contributed by atoms with Gasteiger partial charge in [0.1, 0.15) is 0 Å². The Labute approximate surface area is 119 Å². The number of hydrogen-bond donors (Lipinski definition) is 0. The average molecular weight is 271 g/mol. The van der Waals surface area contributed by atoms with Crippen molar-refractivity contribution in [3.63, 3.8) is 0 Å². The summed E-state index contributed by atoms with van der Waals surface area (Å²) in [6.45, 7) is 9.33. The van der Waals surface area contributed by atoms with Crippen LogP contribution in [0.15, 0.2) is 30.0 Å². The first-order chi connectivity index (χ1) is 9.60. The van der Waals surface area contributed by atoms with Gasteiger partial charge in [-0.1, -0.05) is 18.2 Å². The molecule has 0 atom stereocenters. The van der Waals surface area contributed by atoms with Crippen molar-refractivity contribution in [2.75, 3.05) is 13.1 Å². The summed E-state index contributed by atoms with van der Waals surface area (Å²) in [4.78, 5) is 14.5. The Morgan fingerprint density at radius 2 is 2.20 bits per heavy atom. The van der Waals surface area contributed by atoms with Gasteiger partial charge in [0.05, 0.1) is 6.04 Å². The molecule has 1 aliphatic carbocycles. The number of aromatic nitrogens is 2. The lowest BCUT2D eigenvalue weighted by Crippen LogP contribution is -2.37. The number of nitrogens with zero attached hydrogens (tertiary/aromatic N) is 3. The van der Waals surface area contributed by atoms with Gasteiger partial charge in [0.25, 0.3) is 5.91 Å². The summed E-state index contributed by atoms with van der Waals surface area (Å²) < 4.78 is 1.96. The van der Waals surface area contributed by atoms with E-state index in [0.717, 1.165) is 18.5 Å². The minimum absolute atomic E-state index is 0.0596. The molecule has 1 aliphatic heterocycles. The second-order valence-corrected chi connectivity index (χ2v) is 5.86. The van der Waals surface area contributed by atoms with E-state index < -0.39 is 0 Å². The van der Waals surface area contributed by atoms with Crippen LogP contribution in [0.2, 0.25) is 0 Å². The first-order valence-electron chi connectivity index (χ1n) is 7.26. The molecule has 4 heteroatoms. The fourth-order valence-corrected chi connectivity index (χ4v) is 2.76. The van der Waals surface area contributed by atoms with E-state index in [1.807, 2.05) is 28.8 Å². The maximum Gasteiger partial charge on any atom is 0.274 e. The third-order valence-corrected chi connectivity index (χ3v) is 4.20. The van der Waals surface area contributed by atoms with Gasteiger partial charge < -0.3 is 4.90 Å². The van der Waals surface area contributed by atoms with Crippen LogP contribution in [0.4, 0.5) is 0 Å². The molecule has 3 rings (SSSR count). The number of carbonyl (C=O) groups is 1. The fourth-order valence-electron chi connectivity index (χ4n) is 2.76. The summed E-state index contributed by atoms with van der Waals surface area (Å²) >= 11 is 0. The zero-order chi connectivity index (χ0) is 14.3. The van der Waals surface area contributed by atoms with E-state index in [1.165, 1.54) is 24.0 Å². The van der Waals surface area contributed by atoms with Gasteiger partial charge in [-0.05, 0) is 38.7 Å². The molecular weight excluding hydrogens is 250 g/mol. The van der Waals surface area contributed by atoms with E-state index >= 15 is 0 Å². The van der Waals surface area contributed by atoms with Crippen LogP contribution in [0, 0.1) is 6.92 Å². The summed E-state index contributed by atoms with van der Waals surface area (Å²) in [6.07, 6.45) is 7.17. The molecule has 2 aliphatic rings. The smallest absolute Gasteiger partial charge is 0.274 e. The van der Waals surface area contributed by atoms with Crippen LogP contribution in [0.25, 0.3) is 0 Å². The monoisotopic (exact) mass is 271 g/mol. The second-order valence-electron chi connectivity index (χ2n) is 5.86. The first kappa shape index (κ1) is 13.2. The van der Waals surface area contributed by atoms with E-state index in [-0.39, 0.29) is 5.91 Å². The van der Waals surface area contributed by atoms with Crippen molar-refractivity contribution in [3.05, 3.63) is 41.3 Å². The Balaban J connectivity index is 1.79. The van der Waals surface area contributed by atoms with Crippen molar-refractivity contribution < 1.29 is 4.79 Å². The Bertz CT molecular complexity index is 593. The number of aryl methyl sites for hydroxylation is 1. The zero-order valence-electron chi connectivity index (χ0n) is 12.2. The summed E-state index contributed by atoms with van der Waals surface area (Å²) in [5.41, 5.74) is 4.11. The number of amides is 1. The maximum absolute atomic E-state index is 12.6. The van der Waals surface area contributed by atoms with Crippen LogP contribution in [0.3, 0.4) is 0 Å². The largest absolute Gasteiger partial charge is 0.333 e. The summed E-state index contributed by atoms with van der Waals surface area (Å²) in [6, 6.07) is 0.519. The highest BCUT2D eigenvalue weighted by Gasteiger charge is 2.28. The third-order valence-electron chi connectivity index (χ3n) is 4.20. The standard InChI is InChI=1S/C16H21N3O/c1-4-13-7-8-18(9-11(13)2)16(20)15-12(3)10-19(17-15)14-5-6-14/h4,10,14H,1,5-9H2,2-3H3. The molecular formula is C16H21N3O. The highest BCUT2D eigenvalue weighted by Crippen LogP contribution is 2.34. The van der Waals surface area contributed by atoms with Gasteiger partial charge >= 0.3 is 0 Å². The molecule has 0 bridgehead atoms. The molecule has 0 N–H and O–H groups in total. The molecule has 2 heterocycles. The minimum atomic E-state index is 0.0596. The number of hydrogen-bond acceptors (Lipinski definition) is 2. The average Bonchev–Trinajstić information content (AvgIpc) is 3.21. The summed E-state index contributed by atoms with van der Waals surface area (Å²) in [7, 11) is 0. The normalized spacial score (nSPS) is 19.4. The number of allylic oxidation sites excluding steroid dienone is 1. The number of carbonyl (C=O) groups excluding carboxylic acids is 1. The molecule has 1 saturated carbocycles. The zero-order valence-corrected chi connectivity index (χ0v) is 12.2. The summed E-state index contributed by atoms with van der Waals surface area (Å²) in [5, 5.41) is 4.50.